The predicted molar refractivity (Wildman–Crippen MR) is 79.0 cm³/mol. The van der Waals surface area contributed by atoms with Crippen molar-refractivity contribution in [1.82, 2.24) is 9.97 Å². The largest absolute Gasteiger partial charge is 0.434 e. The van der Waals surface area contributed by atoms with Crippen LogP contribution in [0.1, 0.15) is 30.9 Å². The molecule has 1 aromatic carbocycles. The first kappa shape index (κ1) is 15.2. The molecule has 0 aliphatic carbocycles. The van der Waals surface area contributed by atoms with E-state index in [9.17, 15) is 10.1 Å². The zero-order valence-corrected chi connectivity index (χ0v) is 12.6. The fourth-order valence-electron chi connectivity index (χ4n) is 2.01. The van der Waals surface area contributed by atoms with Crippen LogP contribution in [0.5, 0.6) is 11.6 Å². The zero-order chi connectivity index (χ0) is 15.6. The Morgan fingerprint density at radius 1 is 1.38 bits per heavy atom. The molecule has 0 saturated heterocycles. The normalized spacial score (nSPS) is 10.7. The molecular formula is C14H14ClN3O3. The lowest BCUT2D eigenvalue weighted by Gasteiger charge is -2.11. The number of halogens is 1. The van der Waals surface area contributed by atoms with E-state index >= 15 is 0 Å². The van der Waals surface area contributed by atoms with E-state index in [1.165, 1.54) is 5.56 Å². The maximum absolute atomic E-state index is 10.9. The number of hydrogen-bond donors (Lipinski definition) is 0. The highest BCUT2D eigenvalue weighted by atomic mass is 35.5. The Balaban J connectivity index is 2.36. The number of ether oxygens (including phenoxy) is 1. The quantitative estimate of drug-likeness (QED) is 0.479. The van der Waals surface area contributed by atoms with Gasteiger partial charge in [-0.2, -0.15) is 4.98 Å². The van der Waals surface area contributed by atoms with E-state index in [2.05, 4.69) is 23.8 Å². The van der Waals surface area contributed by atoms with Crippen molar-refractivity contribution in [3.8, 4) is 11.6 Å². The summed E-state index contributed by atoms with van der Waals surface area (Å²) in [7, 11) is 0. The SMILES string of the molecule is Cc1cc(Oc2nc(Cl)ncc2[N+](=O)[O-])ccc1C(C)C. The van der Waals surface area contributed by atoms with Crippen molar-refractivity contribution in [1.29, 1.82) is 0 Å². The van der Waals surface area contributed by atoms with Gasteiger partial charge in [-0.25, -0.2) is 4.98 Å². The lowest BCUT2D eigenvalue weighted by Crippen LogP contribution is -1.99. The van der Waals surface area contributed by atoms with Gasteiger partial charge in [0.1, 0.15) is 11.9 Å². The summed E-state index contributed by atoms with van der Waals surface area (Å²) in [6, 6.07) is 5.50. The Morgan fingerprint density at radius 3 is 2.67 bits per heavy atom. The van der Waals surface area contributed by atoms with Crippen LogP contribution in [-0.4, -0.2) is 14.9 Å². The monoisotopic (exact) mass is 307 g/mol. The van der Waals surface area contributed by atoms with Crippen molar-refractivity contribution in [2.45, 2.75) is 26.7 Å². The maximum Gasteiger partial charge on any atom is 0.349 e. The average molecular weight is 308 g/mol. The number of rotatable bonds is 4. The first-order chi connectivity index (χ1) is 9.88. The van der Waals surface area contributed by atoms with Crippen molar-refractivity contribution in [2.75, 3.05) is 0 Å². The van der Waals surface area contributed by atoms with Crippen molar-refractivity contribution in [3.05, 3.63) is 50.9 Å². The third-order valence-corrected chi connectivity index (χ3v) is 3.16. The fourth-order valence-corrected chi connectivity index (χ4v) is 2.14. The smallest absolute Gasteiger partial charge is 0.349 e. The summed E-state index contributed by atoms with van der Waals surface area (Å²) in [6.45, 7) is 6.15. The minimum absolute atomic E-state index is 0.105. The molecular weight excluding hydrogens is 294 g/mol. The number of aromatic nitrogens is 2. The molecule has 6 nitrogen and oxygen atoms in total. The first-order valence-corrected chi connectivity index (χ1v) is 6.71. The summed E-state index contributed by atoms with van der Waals surface area (Å²) >= 11 is 5.66. The van der Waals surface area contributed by atoms with Crippen LogP contribution in [0.3, 0.4) is 0 Å². The van der Waals surface area contributed by atoms with E-state index < -0.39 is 4.92 Å². The van der Waals surface area contributed by atoms with Gasteiger partial charge in [0.15, 0.2) is 0 Å². The Morgan fingerprint density at radius 2 is 2.10 bits per heavy atom. The van der Waals surface area contributed by atoms with Crippen molar-refractivity contribution < 1.29 is 9.66 Å². The second kappa shape index (κ2) is 6.05. The Bertz CT molecular complexity index is 689. The third-order valence-electron chi connectivity index (χ3n) is 2.98. The lowest BCUT2D eigenvalue weighted by atomic mass is 9.98. The molecule has 0 amide bonds. The van der Waals surface area contributed by atoms with E-state index in [1.54, 1.807) is 6.07 Å². The summed E-state index contributed by atoms with van der Waals surface area (Å²) < 4.78 is 5.49. The van der Waals surface area contributed by atoms with Crippen LogP contribution in [-0.2, 0) is 0 Å². The van der Waals surface area contributed by atoms with Gasteiger partial charge in [0, 0.05) is 0 Å². The van der Waals surface area contributed by atoms with Crippen LogP contribution in [0.2, 0.25) is 5.28 Å². The van der Waals surface area contributed by atoms with Crippen LogP contribution in [0.25, 0.3) is 0 Å². The molecule has 0 radical (unpaired) electrons. The van der Waals surface area contributed by atoms with E-state index in [-0.39, 0.29) is 16.9 Å². The first-order valence-electron chi connectivity index (χ1n) is 6.34. The van der Waals surface area contributed by atoms with Gasteiger partial charge in [-0.05, 0) is 47.7 Å². The van der Waals surface area contributed by atoms with E-state index in [1.807, 2.05) is 19.1 Å². The number of nitro groups is 1. The Kier molecular flexibility index (Phi) is 4.37. The molecule has 0 saturated carbocycles. The van der Waals surface area contributed by atoms with Crippen molar-refractivity contribution >= 4 is 17.3 Å². The van der Waals surface area contributed by atoms with Gasteiger partial charge in [-0.1, -0.05) is 19.9 Å². The van der Waals surface area contributed by atoms with Gasteiger partial charge >= 0.3 is 11.6 Å². The molecule has 0 spiro atoms. The van der Waals surface area contributed by atoms with E-state index in [0.717, 1.165) is 11.8 Å². The standard InChI is InChI=1S/C14H14ClN3O3/c1-8(2)11-5-4-10(6-9(11)3)21-13-12(18(19)20)7-16-14(15)17-13/h4-8H,1-3H3. The van der Waals surface area contributed by atoms with Gasteiger partial charge < -0.3 is 4.74 Å². The molecule has 0 N–H and O–H groups in total. The van der Waals surface area contributed by atoms with Crippen LogP contribution < -0.4 is 4.74 Å². The van der Waals surface area contributed by atoms with Crippen LogP contribution in [0, 0.1) is 17.0 Å². The van der Waals surface area contributed by atoms with E-state index in [4.69, 9.17) is 16.3 Å². The van der Waals surface area contributed by atoms with Gasteiger partial charge in [0.25, 0.3) is 0 Å². The number of benzene rings is 1. The molecule has 0 fully saturated rings. The Labute approximate surface area is 126 Å². The molecule has 1 heterocycles. The molecule has 0 unspecified atom stereocenters. The number of nitrogens with zero attached hydrogens (tertiary/aromatic N) is 3. The molecule has 1 aromatic heterocycles. The topological polar surface area (TPSA) is 78.2 Å². The molecule has 2 aromatic rings. The fraction of sp³-hybridized carbons (Fsp3) is 0.286. The molecule has 21 heavy (non-hydrogen) atoms. The number of aryl methyl sites for hydroxylation is 1. The minimum Gasteiger partial charge on any atom is -0.434 e. The summed E-state index contributed by atoms with van der Waals surface area (Å²) in [5.41, 5.74) is 1.91. The third kappa shape index (κ3) is 3.46. The zero-order valence-electron chi connectivity index (χ0n) is 11.8. The molecule has 110 valence electrons. The summed E-state index contributed by atoms with van der Waals surface area (Å²) in [5.74, 6) is 0.688. The summed E-state index contributed by atoms with van der Waals surface area (Å²) in [5, 5.41) is 10.8. The van der Waals surface area contributed by atoms with Gasteiger partial charge in [-0.3, -0.25) is 10.1 Å². The maximum atomic E-state index is 10.9. The molecule has 0 bridgehead atoms. The van der Waals surface area contributed by atoms with Crippen LogP contribution in [0.4, 0.5) is 5.69 Å². The highest BCUT2D eigenvalue weighted by molar-refractivity contribution is 6.28. The molecule has 7 heteroatoms. The summed E-state index contributed by atoms with van der Waals surface area (Å²) in [4.78, 5) is 17.7. The van der Waals surface area contributed by atoms with Gasteiger partial charge in [0.05, 0.1) is 4.92 Å². The van der Waals surface area contributed by atoms with Crippen molar-refractivity contribution in [2.24, 2.45) is 0 Å². The molecule has 0 atom stereocenters. The number of hydrogen-bond acceptors (Lipinski definition) is 5. The van der Waals surface area contributed by atoms with Gasteiger partial charge in [0.2, 0.25) is 5.28 Å². The minimum atomic E-state index is -0.610. The van der Waals surface area contributed by atoms with Crippen LogP contribution >= 0.6 is 11.6 Å². The summed E-state index contributed by atoms with van der Waals surface area (Å²) in [6.07, 6.45) is 1.03. The molecule has 2 rings (SSSR count). The molecule has 0 aliphatic rings. The lowest BCUT2D eigenvalue weighted by molar-refractivity contribution is -0.386. The highest BCUT2D eigenvalue weighted by Crippen LogP contribution is 2.31. The van der Waals surface area contributed by atoms with Crippen LogP contribution in [0.15, 0.2) is 24.4 Å². The van der Waals surface area contributed by atoms with E-state index in [0.29, 0.717) is 11.7 Å². The second-order valence-electron chi connectivity index (χ2n) is 4.86. The van der Waals surface area contributed by atoms with Crippen molar-refractivity contribution in [3.63, 3.8) is 0 Å². The predicted octanol–water partition coefficient (Wildman–Crippen LogP) is 4.26. The molecule has 0 aliphatic heterocycles. The Hall–Kier alpha value is -2.21. The van der Waals surface area contributed by atoms with Gasteiger partial charge in [-0.15, -0.1) is 0 Å². The second-order valence-corrected chi connectivity index (χ2v) is 5.20. The highest BCUT2D eigenvalue weighted by Gasteiger charge is 2.19. The average Bonchev–Trinajstić information content (AvgIpc) is 2.37.